The average Bonchev–Trinajstić information content (AvgIpc) is 2.43. The fourth-order valence-electron chi connectivity index (χ4n) is 1.90. The Labute approximate surface area is 136 Å². The number of ether oxygens (including phenoxy) is 1. The molecule has 0 saturated heterocycles. The van der Waals surface area contributed by atoms with Gasteiger partial charge in [0.15, 0.2) is 8.32 Å². The van der Waals surface area contributed by atoms with E-state index in [0.29, 0.717) is 19.6 Å². The molecule has 3 nitrogen and oxygen atoms in total. The van der Waals surface area contributed by atoms with Gasteiger partial charge >= 0.3 is 0 Å². The van der Waals surface area contributed by atoms with E-state index >= 15 is 0 Å². The van der Waals surface area contributed by atoms with Gasteiger partial charge in [-0.3, -0.25) is 0 Å². The molecule has 4 heteroatoms. The van der Waals surface area contributed by atoms with Crippen molar-refractivity contribution < 1.29 is 14.0 Å². The van der Waals surface area contributed by atoms with Crippen molar-refractivity contribution in [3.05, 3.63) is 35.9 Å². The van der Waals surface area contributed by atoms with Gasteiger partial charge in [0, 0.05) is 13.0 Å². The van der Waals surface area contributed by atoms with E-state index in [4.69, 9.17) is 9.16 Å². The van der Waals surface area contributed by atoms with Crippen LogP contribution in [-0.2, 0) is 20.6 Å². The summed E-state index contributed by atoms with van der Waals surface area (Å²) in [7, 11) is -1.84. The van der Waals surface area contributed by atoms with Gasteiger partial charge in [0.25, 0.3) is 0 Å². The molecule has 1 rings (SSSR count). The smallest absolute Gasteiger partial charge is 0.192 e. The van der Waals surface area contributed by atoms with Gasteiger partial charge in [-0.1, -0.05) is 51.1 Å². The van der Waals surface area contributed by atoms with Crippen molar-refractivity contribution in [2.24, 2.45) is 0 Å². The Morgan fingerprint density at radius 1 is 1.18 bits per heavy atom. The van der Waals surface area contributed by atoms with Gasteiger partial charge in [0.1, 0.15) is 6.29 Å². The molecule has 0 spiro atoms. The number of benzene rings is 1. The standard InChI is InChI=1S/C18H30O3Si/c1-18(2,3)22(4,5)21-17(11-13-19)12-14-20-15-16-9-7-6-8-10-16/h6-10,13,17H,11-12,14-15H2,1-5H3/t17-/m1/s1. The highest BCUT2D eigenvalue weighted by Gasteiger charge is 2.38. The summed E-state index contributed by atoms with van der Waals surface area (Å²) in [4.78, 5) is 10.9. The monoisotopic (exact) mass is 322 g/mol. The Morgan fingerprint density at radius 3 is 2.36 bits per heavy atom. The molecule has 1 atom stereocenters. The predicted molar refractivity (Wildman–Crippen MR) is 93.5 cm³/mol. The lowest BCUT2D eigenvalue weighted by Crippen LogP contribution is -2.44. The van der Waals surface area contributed by atoms with E-state index in [1.807, 2.05) is 18.2 Å². The van der Waals surface area contributed by atoms with E-state index in [0.717, 1.165) is 12.7 Å². The maximum Gasteiger partial charge on any atom is 0.192 e. The van der Waals surface area contributed by atoms with E-state index in [1.165, 1.54) is 5.56 Å². The third-order valence-corrected chi connectivity index (χ3v) is 8.86. The maximum absolute atomic E-state index is 10.9. The highest BCUT2D eigenvalue weighted by molar-refractivity contribution is 6.74. The summed E-state index contributed by atoms with van der Waals surface area (Å²) in [5.74, 6) is 0. The van der Waals surface area contributed by atoms with Crippen LogP contribution in [0.1, 0.15) is 39.2 Å². The number of rotatable bonds is 9. The molecule has 0 unspecified atom stereocenters. The van der Waals surface area contributed by atoms with Crippen LogP contribution in [0.3, 0.4) is 0 Å². The van der Waals surface area contributed by atoms with Gasteiger partial charge in [0.2, 0.25) is 0 Å². The summed E-state index contributed by atoms with van der Waals surface area (Å²) < 4.78 is 12.0. The highest BCUT2D eigenvalue weighted by Crippen LogP contribution is 2.37. The number of hydrogen-bond donors (Lipinski definition) is 0. The van der Waals surface area contributed by atoms with E-state index in [1.54, 1.807) is 0 Å². The molecule has 1 aromatic rings. The van der Waals surface area contributed by atoms with Gasteiger partial charge < -0.3 is 14.0 Å². The second kappa shape index (κ2) is 8.60. The van der Waals surface area contributed by atoms with E-state index in [-0.39, 0.29) is 11.1 Å². The first kappa shape index (κ1) is 19.1. The molecule has 1 aromatic carbocycles. The van der Waals surface area contributed by atoms with E-state index in [2.05, 4.69) is 46.0 Å². The Balaban J connectivity index is 2.42. The van der Waals surface area contributed by atoms with Crippen LogP contribution in [0.25, 0.3) is 0 Å². The van der Waals surface area contributed by atoms with Crippen molar-refractivity contribution >= 4 is 14.6 Å². The van der Waals surface area contributed by atoms with Gasteiger partial charge in [-0.25, -0.2) is 0 Å². The van der Waals surface area contributed by atoms with Gasteiger partial charge in [-0.05, 0) is 30.1 Å². The Bertz CT molecular complexity index is 437. The minimum Gasteiger partial charge on any atom is -0.413 e. The van der Waals surface area contributed by atoms with Crippen LogP contribution in [0.5, 0.6) is 0 Å². The van der Waals surface area contributed by atoms with Crippen LogP contribution in [0.4, 0.5) is 0 Å². The zero-order valence-electron chi connectivity index (χ0n) is 14.6. The fourth-order valence-corrected chi connectivity index (χ4v) is 3.31. The molecule has 0 bridgehead atoms. The van der Waals surface area contributed by atoms with Crippen LogP contribution in [-0.4, -0.2) is 27.3 Å². The second-order valence-electron chi connectivity index (χ2n) is 7.23. The summed E-state index contributed by atoms with van der Waals surface area (Å²) in [5.41, 5.74) is 1.17. The molecule has 0 amide bonds. The Morgan fingerprint density at radius 2 is 1.82 bits per heavy atom. The van der Waals surface area contributed by atoms with Crippen LogP contribution in [0.15, 0.2) is 30.3 Å². The molecule has 0 aliphatic rings. The average molecular weight is 323 g/mol. The molecule has 0 N–H and O–H groups in total. The van der Waals surface area contributed by atoms with E-state index in [9.17, 15) is 4.79 Å². The minimum absolute atomic E-state index is 0.0332. The van der Waals surface area contributed by atoms with Gasteiger partial charge in [0.05, 0.1) is 12.7 Å². The first-order valence-electron chi connectivity index (χ1n) is 7.99. The summed E-state index contributed by atoms with van der Waals surface area (Å²) in [6.45, 7) is 12.3. The maximum atomic E-state index is 10.9. The van der Waals surface area contributed by atoms with Crippen LogP contribution in [0, 0.1) is 0 Å². The van der Waals surface area contributed by atoms with Crippen LogP contribution < -0.4 is 0 Å². The molecule has 0 fully saturated rings. The molecule has 124 valence electrons. The number of carbonyl (C=O) groups excluding carboxylic acids is 1. The van der Waals surface area contributed by atoms with Crippen molar-refractivity contribution in [1.29, 1.82) is 0 Å². The Hall–Kier alpha value is -0.973. The summed E-state index contributed by atoms with van der Waals surface area (Å²) in [5, 5.41) is 0.152. The third kappa shape index (κ3) is 6.42. The zero-order valence-corrected chi connectivity index (χ0v) is 15.6. The zero-order chi connectivity index (χ0) is 16.6. The van der Waals surface area contributed by atoms with Crippen LogP contribution >= 0.6 is 0 Å². The lowest BCUT2D eigenvalue weighted by atomic mass is 10.2. The molecule has 0 aliphatic heterocycles. The molecule has 0 heterocycles. The second-order valence-corrected chi connectivity index (χ2v) is 12.0. The summed E-state index contributed by atoms with van der Waals surface area (Å²) in [6, 6.07) is 10.1. The fraction of sp³-hybridized carbons (Fsp3) is 0.611. The SMILES string of the molecule is CC(C)(C)[Si](C)(C)O[C@H](CC=O)CCOCc1ccccc1. The number of aldehydes is 1. The molecule has 0 aliphatic carbocycles. The Kier molecular flexibility index (Phi) is 7.46. The predicted octanol–water partition coefficient (Wildman–Crippen LogP) is 4.57. The van der Waals surface area contributed by atoms with Crippen molar-refractivity contribution in [3.63, 3.8) is 0 Å². The van der Waals surface area contributed by atoms with Crippen molar-refractivity contribution in [1.82, 2.24) is 0 Å². The van der Waals surface area contributed by atoms with Crippen molar-refractivity contribution in [2.45, 2.75) is 64.5 Å². The molecule has 0 saturated carbocycles. The molecule has 22 heavy (non-hydrogen) atoms. The topological polar surface area (TPSA) is 35.5 Å². The summed E-state index contributed by atoms with van der Waals surface area (Å²) in [6.07, 6.45) is 2.13. The normalized spacial score (nSPS) is 13.9. The highest BCUT2D eigenvalue weighted by atomic mass is 28.4. The first-order chi connectivity index (χ1) is 10.3. The molecule has 0 radical (unpaired) electrons. The van der Waals surface area contributed by atoms with E-state index < -0.39 is 8.32 Å². The van der Waals surface area contributed by atoms with Crippen LogP contribution in [0.2, 0.25) is 18.1 Å². The quantitative estimate of drug-likeness (QED) is 0.379. The van der Waals surface area contributed by atoms with Crippen molar-refractivity contribution in [3.8, 4) is 0 Å². The molecular formula is C18H30O3Si. The minimum atomic E-state index is -1.84. The van der Waals surface area contributed by atoms with Gasteiger partial charge in [-0.2, -0.15) is 0 Å². The van der Waals surface area contributed by atoms with Gasteiger partial charge in [-0.15, -0.1) is 0 Å². The first-order valence-corrected chi connectivity index (χ1v) is 10.9. The summed E-state index contributed by atoms with van der Waals surface area (Å²) >= 11 is 0. The lowest BCUT2D eigenvalue weighted by Gasteiger charge is -2.39. The lowest BCUT2D eigenvalue weighted by molar-refractivity contribution is -0.109. The largest absolute Gasteiger partial charge is 0.413 e. The van der Waals surface area contributed by atoms with Crippen molar-refractivity contribution in [2.75, 3.05) is 6.61 Å². The molecular weight excluding hydrogens is 292 g/mol. The third-order valence-electron chi connectivity index (χ3n) is 4.32. The number of hydrogen-bond acceptors (Lipinski definition) is 3. The molecule has 0 aromatic heterocycles. The number of carbonyl (C=O) groups is 1.